The molecule has 22 heavy (non-hydrogen) atoms. The number of hydrazone groups is 1. The van der Waals surface area contributed by atoms with E-state index in [1.54, 1.807) is 48.5 Å². The van der Waals surface area contributed by atoms with Crippen molar-refractivity contribution in [3.05, 3.63) is 68.7 Å². The SMILES string of the molecule is O=[N+]([O-])/C(N=Nc1ccc(Cl)cc1)=N\Nc1ccc(Cl)cc1. The molecule has 2 rings (SSSR count). The summed E-state index contributed by atoms with van der Waals surface area (Å²) in [6.45, 7) is 0. The Balaban J connectivity index is 2.12. The van der Waals surface area contributed by atoms with Crippen LogP contribution in [-0.2, 0) is 0 Å². The predicted molar refractivity (Wildman–Crippen MR) is 85.5 cm³/mol. The van der Waals surface area contributed by atoms with Crippen LogP contribution in [0.2, 0.25) is 10.0 Å². The van der Waals surface area contributed by atoms with Gasteiger partial charge in [0.2, 0.25) is 0 Å². The molecule has 0 saturated heterocycles. The van der Waals surface area contributed by atoms with Gasteiger partial charge in [0.05, 0.1) is 10.8 Å². The van der Waals surface area contributed by atoms with Crippen LogP contribution in [0.1, 0.15) is 0 Å². The Morgan fingerprint density at radius 2 is 1.55 bits per heavy atom. The van der Waals surface area contributed by atoms with Crippen molar-refractivity contribution in [2.45, 2.75) is 0 Å². The number of nitrogens with zero attached hydrogens (tertiary/aromatic N) is 4. The third kappa shape index (κ3) is 4.80. The first-order valence-electron chi connectivity index (χ1n) is 5.95. The summed E-state index contributed by atoms with van der Waals surface area (Å²) in [5.74, 6) is -0.676. The van der Waals surface area contributed by atoms with Crippen molar-refractivity contribution < 1.29 is 4.92 Å². The van der Waals surface area contributed by atoms with Gasteiger partial charge in [0.25, 0.3) is 0 Å². The molecule has 7 nitrogen and oxygen atoms in total. The van der Waals surface area contributed by atoms with E-state index >= 15 is 0 Å². The van der Waals surface area contributed by atoms with Gasteiger partial charge in [0.15, 0.2) is 0 Å². The molecule has 0 heterocycles. The zero-order chi connectivity index (χ0) is 15.9. The Kier molecular flexibility index (Phi) is 5.40. The Morgan fingerprint density at radius 3 is 2.09 bits per heavy atom. The topological polar surface area (TPSA) is 92.2 Å². The van der Waals surface area contributed by atoms with Crippen molar-refractivity contribution in [2.24, 2.45) is 15.3 Å². The molecule has 0 radical (unpaired) electrons. The van der Waals surface area contributed by atoms with Crippen molar-refractivity contribution in [3.8, 4) is 0 Å². The second-order valence-corrected chi connectivity index (χ2v) is 4.84. The van der Waals surface area contributed by atoms with Crippen LogP contribution >= 0.6 is 23.2 Å². The summed E-state index contributed by atoms with van der Waals surface area (Å²) in [5, 5.41) is 22.8. The van der Waals surface area contributed by atoms with Gasteiger partial charge >= 0.3 is 5.96 Å². The summed E-state index contributed by atoms with van der Waals surface area (Å²) in [6.07, 6.45) is 0. The minimum atomic E-state index is -0.748. The van der Waals surface area contributed by atoms with E-state index in [1.165, 1.54) is 0 Å². The molecule has 0 unspecified atom stereocenters. The molecule has 9 heteroatoms. The molecule has 0 spiro atoms. The van der Waals surface area contributed by atoms with Crippen molar-refractivity contribution >= 4 is 40.5 Å². The van der Waals surface area contributed by atoms with E-state index in [-0.39, 0.29) is 0 Å². The number of hydrogen-bond acceptors (Lipinski definition) is 5. The number of anilines is 1. The van der Waals surface area contributed by atoms with Crippen LogP contribution in [0.5, 0.6) is 0 Å². The smallest absolute Gasteiger partial charge is 0.390 e. The van der Waals surface area contributed by atoms with Gasteiger partial charge in [-0.1, -0.05) is 28.3 Å². The van der Waals surface area contributed by atoms with E-state index in [1.807, 2.05) is 0 Å². The molecular formula is C13H9Cl2N5O2. The minimum Gasteiger partial charge on any atom is -0.390 e. The van der Waals surface area contributed by atoms with Crippen LogP contribution in [0.15, 0.2) is 63.9 Å². The van der Waals surface area contributed by atoms with Gasteiger partial charge in [-0.25, -0.2) is 5.43 Å². The maximum Gasteiger partial charge on any atom is 0.511 e. The molecule has 0 bridgehead atoms. The van der Waals surface area contributed by atoms with Gasteiger partial charge < -0.3 is 10.1 Å². The van der Waals surface area contributed by atoms with E-state index in [0.717, 1.165) is 0 Å². The number of nitrogens with one attached hydrogen (secondary N) is 1. The number of hydrogen-bond donors (Lipinski definition) is 1. The molecule has 0 amide bonds. The summed E-state index contributed by atoms with van der Waals surface area (Å²) < 4.78 is 0. The highest BCUT2D eigenvalue weighted by atomic mass is 35.5. The molecule has 0 saturated carbocycles. The quantitative estimate of drug-likeness (QED) is 0.288. The van der Waals surface area contributed by atoms with Gasteiger partial charge in [-0.3, -0.25) is 0 Å². The Hall–Kier alpha value is -2.51. The largest absolute Gasteiger partial charge is 0.511 e. The molecule has 0 atom stereocenters. The number of azo groups is 1. The summed E-state index contributed by atoms with van der Waals surface area (Å²) in [5.41, 5.74) is 3.47. The summed E-state index contributed by atoms with van der Waals surface area (Å²) >= 11 is 11.5. The van der Waals surface area contributed by atoms with E-state index < -0.39 is 10.9 Å². The van der Waals surface area contributed by atoms with Gasteiger partial charge in [-0.05, 0) is 53.5 Å². The van der Waals surface area contributed by atoms with Gasteiger partial charge in [-0.2, -0.15) is 0 Å². The first-order valence-corrected chi connectivity index (χ1v) is 6.71. The fraction of sp³-hybridized carbons (Fsp3) is 0. The van der Waals surface area contributed by atoms with Crippen LogP contribution in [0.4, 0.5) is 11.4 Å². The van der Waals surface area contributed by atoms with Crippen LogP contribution < -0.4 is 5.43 Å². The normalized spacial score (nSPS) is 11.6. The van der Waals surface area contributed by atoms with Crippen molar-refractivity contribution in [1.29, 1.82) is 0 Å². The second-order valence-electron chi connectivity index (χ2n) is 3.96. The van der Waals surface area contributed by atoms with Crippen LogP contribution in [0, 0.1) is 10.1 Å². The Labute approximate surface area is 135 Å². The van der Waals surface area contributed by atoms with Crippen LogP contribution in [-0.4, -0.2) is 10.9 Å². The highest BCUT2D eigenvalue weighted by Gasteiger charge is 2.12. The van der Waals surface area contributed by atoms with Crippen molar-refractivity contribution in [1.82, 2.24) is 0 Å². The lowest BCUT2D eigenvalue weighted by molar-refractivity contribution is -0.352. The summed E-state index contributed by atoms with van der Waals surface area (Å²) in [6, 6.07) is 12.9. The third-order valence-corrected chi connectivity index (χ3v) is 2.88. The molecule has 0 fully saturated rings. The van der Waals surface area contributed by atoms with E-state index in [0.29, 0.717) is 21.4 Å². The fourth-order valence-corrected chi connectivity index (χ4v) is 1.60. The summed E-state index contributed by atoms with van der Waals surface area (Å²) in [7, 11) is 0. The standard InChI is InChI=1S/C13H9Cl2N5O2/c14-9-1-5-11(6-2-9)16-18-13(20(21)22)19-17-12-7-3-10(15)4-8-12/h1-8,16H/b18-13-,19-17?. The van der Waals surface area contributed by atoms with E-state index in [2.05, 4.69) is 20.8 Å². The Bertz CT molecular complexity index is 714. The van der Waals surface area contributed by atoms with Crippen molar-refractivity contribution in [3.63, 3.8) is 0 Å². The minimum absolute atomic E-state index is 0.422. The van der Waals surface area contributed by atoms with Crippen LogP contribution in [0.3, 0.4) is 0 Å². The molecule has 0 aromatic heterocycles. The molecule has 2 aromatic rings. The highest BCUT2D eigenvalue weighted by molar-refractivity contribution is 6.30. The fourth-order valence-electron chi connectivity index (χ4n) is 1.35. The Morgan fingerprint density at radius 1 is 1.00 bits per heavy atom. The lowest BCUT2D eigenvalue weighted by atomic mass is 10.3. The molecule has 1 N–H and O–H groups in total. The van der Waals surface area contributed by atoms with Crippen LogP contribution in [0.25, 0.3) is 0 Å². The summed E-state index contributed by atoms with van der Waals surface area (Å²) in [4.78, 5) is 10.1. The average Bonchev–Trinajstić information content (AvgIpc) is 2.50. The van der Waals surface area contributed by atoms with E-state index in [9.17, 15) is 10.1 Å². The molecule has 2 aromatic carbocycles. The third-order valence-electron chi connectivity index (χ3n) is 2.37. The molecule has 0 aliphatic heterocycles. The van der Waals surface area contributed by atoms with Crippen molar-refractivity contribution in [2.75, 3.05) is 5.43 Å². The molecule has 0 aliphatic carbocycles. The highest BCUT2D eigenvalue weighted by Crippen LogP contribution is 2.17. The number of halogens is 2. The van der Waals surface area contributed by atoms with E-state index in [4.69, 9.17) is 23.2 Å². The second kappa shape index (κ2) is 7.48. The lowest BCUT2D eigenvalue weighted by Gasteiger charge is -1.96. The number of nitro groups is 1. The maximum absolute atomic E-state index is 10.9. The number of benzene rings is 2. The zero-order valence-electron chi connectivity index (χ0n) is 11.0. The average molecular weight is 338 g/mol. The first kappa shape index (κ1) is 15.9. The molecule has 0 aliphatic rings. The molecule has 112 valence electrons. The maximum atomic E-state index is 10.9. The zero-order valence-corrected chi connectivity index (χ0v) is 12.5. The van der Waals surface area contributed by atoms with Gasteiger partial charge in [0, 0.05) is 15.1 Å². The first-order chi connectivity index (χ1) is 10.5. The lowest BCUT2D eigenvalue weighted by Crippen LogP contribution is -2.10. The number of rotatable bonds is 3. The van der Waals surface area contributed by atoms with Gasteiger partial charge in [-0.15, -0.1) is 0 Å². The monoisotopic (exact) mass is 337 g/mol. The molecular weight excluding hydrogens is 329 g/mol. The van der Waals surface area contributed by atoms with Gasteiger partial charge in [0.1, 0.15) is 5.69 Å². The number of guanidine groups is 1. The predicted octanol–water partition coefficient (Wildman–Crippen LogP) is 4.74.